The van der Waals surface area contributed by atoms with Crippen molar-refractivity contribution in [3.05, 3.63) is 53.1 Å². The molecule has 1 aliphatic rings. The van der Waals surface area contributed by atoms with Gasteiger partial charge in [-0.3, -0.25) is 9.59 Å². The molecule has 0 atom stereocenters. The molecule has 0 radical (unpaired) electrons. The zero-order valence-electron chi connectivity index (χ0n) is 23.6. The summed E-state index contributed by atoms with van der Waals surface area (Å²) in [7, 11) is 2.14. The van der Waals surface area contributed by atoms with Crippen LogP contribution in [0.2, 0.25) is 0 Å². The average Bonchev–Trinajstić information content (AvgIpc) is 3.67. The molecular weight excluding hydrogens is 462 g/mol. The molecule has 3 rings (SSSR count). The molecule has 1 saturated carbocycles. The van der Waals surface area contributed by atoms with E-state index in [0.29, 0.717) is 36.1 Å². The molecule has 2 aromatic rings. The number of carbonyl (C=O) groups excluding carboxylic acids is 2. The first-order valence-electron chi connectivity index (χ1n) is 13.7. The third kappa shape index (κ3) is 9.19. The van der Waals surface area contributed by atoms with Crippen LogP contribution in [-0.4, -0.2) is 56.0 Å². The van der Waals surface area contributed by atoms with Gasteiger partial charge >= 0.3 is 0 Å². The summed E-state index contributed by atoms with van der Waals surface area (Å²) < 4.78 is 6.31. The highest BCUT2D eigenvalue weighted by molar-refractivity contribution is 5.97. The molecule has 1 aliphatic carbocycles. The van der Waals surface area contributed by atoms with Crippen molar-refractivity contribution in [2.75, 3.05) is 33.3 Å². The van der Waals surface area contributed by atoms with Gasteiger partial charge in [-0.25, -0.2) is 0 Å². The second kappa shape index (κ2) is 13.1. The van der Waals surface area contributed by atoms with E-state index < -0.39 is 0 Å². The molecule has 0 aromatic heterocycles. The van der Waals surface area contributed by atoms with Crippen LogP contribution in [0.25, 0.3) is 11.1 Å². The summed E-state index contributed by atoms with van der Waals surface area (Å²) in [4.78, 5) is 28.0. The van der Waals surface area contributed by atoms with Crippen molar-refractivity contribution in [3.8, 4) is 16.9 Å². The second-order valence-electron chi connectivity index (χ2n) is 11.6. The first-order chi connectivity index (χ1) is 17.6. The number of aryl methyl sites for hydroxylation is 1. The topological polar surface area (TPSA) is 70.7 Å². The molecule has 0 heterocycles. The second-order valence-corrected chi connectivity index (χ2v) is 11.6. The van der Waals surface area contributed by atoms with Crippen LogP contribution in [0.4, 0.5) is 0 Å². The van der Waals surface area contributed by atoms with Gasteiger partial charge in [0.05, 0.1) is 6.61 Å². The Labute approximate surface area is 223 Å². The highest BCUT2D eigenvalue weighted by Gasteiger charge is 2.24. The third-order valence-electron chi connectivity index (χ3n) is 6.56. The monoisotopic (exact) mass is 507 g/mol. The lowest BCUT2D eigenvalue weighted by atomic mass is 9.95. The summed E-state index contributed by atoms with van der Waals surface area (Å²) in [6, 6.07) is 11.7. The Bertz CT molecular complexity index is 1070. The molecule has 202 valence electrons. The highest BCUT2D eigenvalue weighted by atomic mass is 16.5. The molecule has 37 heavy (non-hydrogen) atoms. The van der Waals surface area contributed by atoms with Gasteiger partial charge in [0.25, 0.3) is 11.8 Å². The summed E-state index contributed by atoms with van der Waals surface area (Å²) in [6.45, 7) is 13.7. The van der Waals surface area contributed by atoms with E-state index in [1.54, 1.807) is 0 Å². The standard InChI is InChI=1S/C31H45N3O3/c1-7-8-16-34(6)17-9-18-37-28-20-24(29(35)32-21-31(3,4)5)12-15-26(28)27-19-23(11-10-22(27)2)30(36)33-25-13-14-25/h10-12,15,19-20,25H,7-9,13-14,16-18,21H2,1-6H3,(H,32,35)(H,33,36). The van der Waals surface area contributed by atoms with Crippen LogP contribution in [-0.2, 0) is 0 Å². The molecule has 6 nitrogen and oxygen atoms in total. The smallest absolute Gasteiger partial charge is 0.251 e. The van der Waals surface area contributed by atoms with Crippen LogP contribution in [0.5, 0.6) is 5.75 Å². The Morgan fingerprint density at radius 3 is 2.32 bits per heavy atom. The minimum absolute atomic E-state index is 0.00265. The van der Waals surface area contributed by atoms with E-state index in [1.165, 1.54) is 12.8 Å². The van der Waals surface area contributed by atoms with Gasteiger partial charge in [-0.15, -0.1) is 0 Å². The molecule has 0 bridgehead atoms. The number of amides is 2. The van der Waals surface area contributed by atoms with E-state index in [4.69, 9.17) is 4.74 Å². The maximum Gasteiger partial charge on any atom is 0.251 e. The van der Waals surface area contributed by atoms with Crippen LogP contribution in [0.3, 0.4) is 0 Å². The van der Waals surface area contributed by atoms with Gasteiger partial charge in [0, 0.05) is 35.8 Å². The molecule has 0 saturated heterocycles. The maximum atomic E-state index is 12.9. The minimum atomic E-state index is -0.111. The molecule has 6 heteroatoms. The van der Waals surface area contributed by atoms with Crippen molar-refractivity contribution in [3.63, 3.8) is 0 Å². The summed E-state index contributed by atoms with van der Waals surface area (Å²) in [5.74, 6) is 0.516. The Morgan fingerprint density at radius 1 is 0.973 bits per heavy atom. The van der Waals surface area contributed by atoms with Crippen molar-refractivity contribution in [2.24, 2.45) is 5.41 Å². The van der Waals surface area contributed by atoms with Crippen LogP contribution in [0.15, 0.2) is 36.4 Å². The normalized spacial score (nSPS) is 13.5. The molecule has 2 aromatic carbocycles. The third-order valence-corrected chi connectivity index (χ3v) is 6.56. The molecule has 1 fully saturated rings. The quantitative estimate of drug-likeness (QED) is 0.335. The number of nitrogens with zero attached hydrogens (tertiary/aromatic N) is 1. The molecule has 0 aliphatic heterocycles. The SMILES string of the molecule is CCCCN(C)CCCOc1cc(C(=O)NCC(C)(C)C)ccc1-c1cc(C(=O)NC2CC2)ccc1C. The zero-order chi connectivity index (χ0) is 27.0. The van der Waals surface area contributed by atoms with Gasteiger partial charge in [0.15, 0.2) is 0 Å². The first-order valence-corrected chi connectivity index (χ1v) is 13.7. The van der Waals surface area contributed by atoms with E-state index in [0.717, 1.165) is 49.0 Å². The number of hydrogen-bond donors (Lipinski definition) is 2. The lowest BCUT2D eigenvalue weighted by Gasteiger charge is -2.20. The lowest BCUT2D eigenvalue weighted by Crippen LogP contribution is -2.32. The largest absolute Gasteiger partial charge is 0.493 e. The van der Waals surface area contributed by atoms with E-state index in [1.807, 2.05) is 43.3 Å². The first kappa shape index (κ1) is 28.7. The van der Waals surface area contributed by atoms with E-state index >= 15 is 0 Å². The Morgan fingerprint density at radius 2 is 1.65 bits per heavy atom. The zero-order valence-corrected chi connectivity index (χ0v) is 23.6. The number of carbonyl (C=O) groups is 2. The minimum Gasteiger partial charge on any atom is -0.493 e. The van der Waals surface area contributed by atoms with Crippen molar-refractivity contribution in [1.82, 2.24) is 15.5 Å². The average molecular weight is 508 g/mol. The Hall–Kier alpha value is -2.86. The van der Waals surface area contributed by atoms with Gasteiger partial charge in [-0.1, -0.05) is 40.2 Å². The summed E-state index contributed by atoms with van der Waals surface area (Å²) in [6.07, 6.45) is 5.37. The molecule has 2 amide bonds. The van der Waals surface area contributed by atoms with Gasteiger partial charge in [-0.2, -0.15) is 0 Å². The Kier molecular flexibility index (Phi) is 10.2. The fourth-order valence-corrected chi connectivity index (χ4v) is 4.06. The molecule has 0 unspecified atom stereocenters. The fourth-order valence-electron chi connectivity index (χ4n) is 4.06. The van der Waals surface area contributed by atoms with Gasteiger partial charge < -0.3 is 20.3 Å². The van der Waals surface area contributed by atoms with E-state index in [-0.39, 0.29) is 17.2 Å². The fraction of sp³-hybridized carbons (Fsp3) is 0.548. The maximum absolute atomic E-state index is 12.9. The lowest BCUT2D eigenvalue weighted by molar-refractivity contribution is 0.0935. The van der Waals surface area contributed by atoms with E-state index in [9.17, 15) is 9.59 Å². The van der Waals surface area contributed by atoms with Crippen LogP contribution < -0.4 is 15.4 Å². The predicted molar refractivity (Wildman–Crippen MR) is 151 cm³/mol. The predicted octanol–water partition coefficient (Wildman–Crippen LogP) is 5.83. The van der Waals surface area contributed by atoms with Gasteiger partial charge in [0.1, 0.15) is 5.75 Å². The number of benzene rings is 2. The number of unbranched alkanes of at least 4 members (excludes halogenated alkanes) is 1. The van der Waals surface area contributed by atoms with Crippen LogP contribution in [0, 0.1) is 12.3 Å². The molecule has 0 spiro atoms. The summed E-state index contributed by atoms with van der Waals surface area (Å²) >= 11 is 0. The van der Waals surface area contributed by atoms with Crippen molar-refractivity contribution in [1.29, 1.82) is 0 Å². The van der Waals surface area contributed by atoms with Crippen molar-refractivity contribution < 1.29 is 14.3 Å². The van der Waals surface area contributed by atoms with Crippen LogP contribution in [0.1, 0.15) is 86.1 Å². The van der Waals surface area contributed by atoms with Crippen LogP contribution >= 0.6 is 0 Å². The highest BCUT2D eigenvalue weighted by Crippen LogP contribution is 2.34. The number of hydrogen-bond acceptors (Lipinski definition) is 4. The number of rotatable bonds is 13. The van der Waals surface area contributed by atoms with Crippen molar-refractivity contribution >= 4 is 11.8 Å². The summed E-state index contributed by atoms with van der Waals surface area (Å²) in [5.41, 5.74) is 4.10. The Balaban J connectivity index is 1.83. The summed E-state index contributed by atoms with van der Waals surface area (Å²) in [5, 5.41) is 6.10. The van der Waals surface area contributed by atoms with E-state index in [2.05, 4.69) is 50.3 Å². The van der Waals surface area contributed by atoms with Gasteiger partial charge in [0.2, 0.25) is 0 Å². The van der Waals surface area contributed by atoms with Crippen molar-refractivity contribution in [2.45, 2.75) is 72.8 Å². The number of ether oxygens (including phenoxy) is 1. The molecular formula is C31H45N3O3. The number of nitrogens with one attached hydrogen (secondary N) is 2. The molecule has 2 N–H and O–H groups in total. The van der Waals surface area contributed by atoms with Gasteiger partial charge in [-0.05, 0) is 93.1 Å².